The summed E-state index contributed by atoms with van der Waals surface area (Å²) < 4.78 is 34.8. The zero-order valence-corrected chi connectivity index (χ0v) is 62.1. The van der Waals surface area contributed by atoms with Gasteiger partial charge in [0.2, 0.25) is 0 Å². The summed E-state index contributed by atoms with van der Waals surface area (Å²) >= 11 is -0.931. The van der Waals surface area contributed by atoms with Crippen molar-refractivity contribution >= 4 is 59.1 Å². The van der Waals surface area contributed by atoms with Crippen LogP contribution in [0, 0.1) is 0 Å². The van der Waals surface area contributed by atoms with E-state index in [1.54, 1.807) is 19.1 Å². The Kier molecular flexibility index (Phi) is 34.9. The number of ether oxygens (including phenoxy) is 6. The van der Waals surface area contributed by atoms with E-state index in [1.165, 1.54) is 0 Å². The van der Waals surface area contributed by atoms with Crippen molar-refractivity contribution in [2.75, 3.05) is 10.9 Å². The number of halogens is 2. The smallest absolute Gasteiger partial charge is 0.120 e. The molecule has 0 atom stereocenters. The van der Waals surface area contributed by atoms with Gasteiger partial charge in [-0.2, -0.15) is 5.10 Å². The molecule has 0 spiro atoms. The Labute approximate surface area is 625 Å². The number of hydrazone groups is 1. The molecule has 528 valence electrons. The largest absolute Gasteiger partial charge is 0.489 e. The fourth-order valence-corrected chi connectivity index (χ4v) is 9.60. The van der Waals surface area contributed by atoms with Crippen molar-refractivity contribution in [3.63, 3.8) is 0 Å². The molecular weight excluding hydrogens is 1400 g/mol. The van der Waals surface area contributed by atoms with Crippen LogP contribution in [0.1, 0.15) is 77.5 Å². The van der Waals surface area contributed by atoms with Crippen molar-refractivity contribution in [1.29, 1.82) is 0 Å². The molecule has 0 saturated heterocycles. The van der Waals surface area contributed by atoms with Gasteiger partial charge in [-0.25, -0.2) is 0 Å². The number of carbonyl (C=O) groups excluding carboxylic acids is 1. The van der Waals surface area contributed by atoms with Crippen LogP contribution in [0.4, 0.5) is 11.4 Å². The number of Topliss-reactive ketones (excluding diaryl/α,β-unsaturated/α-hetero) is 1. The van der Waals surface area contributed by atoms with Crippen LogP contribution in [-0.4, -0.2) is 27.6 Å². The van der Waals surface area contributed by atoms with Gasteiger partial charge in [-0.15, -0.1) is 0 Å². The molecule has 13 aromatic rings. The first-order valence-corrected chi connectivity index (χ1v) is 40.9. The number of hydrogen-bond donors (Lipinski definition) is 5. The van der Waals surface area contributed by atoms with Crippen molar-refractivity contribution in [3.05, 3.63) is 372 Å². The second kappa shape index (κ2) is 45.4. The number of hydrogen-bond acceptors (Lipinski definition) is 12. The van der Waals surface area contributed by atoms with Crippen LogP contribution >= 0.6 is 19.4 Å². The van der Waals surface area contributed by atoms with Crippen molar-refractivity contribution in [1.82, 2.24) is 4.98 Å². The SMILES string of the molecule is C.C/C(=N\Nc1ccc(OCc2ccccc2)cc1)c1ccc(OCc2ccccc2)cc1.CC(=O)O.CC(=O)c1ccc(OCc2ccccc2)cc1.NNc1ccc(OCc2ccccc2)cc1.[Cl][Zn][Cl].c1ccc(COc2ccc(-c3cc4cc(OCc5ccccc5)ccc4[nH]3)cc2)cc1. The predicted octanol–water partition coefficient (Wildman–Crippen LogP) is 21.8. The molecule has 14 nitrogen and oxygen atoms in total. The van der Waals surface area contributed by atoms with Gasteiger partial charge in [0.1, 0.15) is 74.1 Å². The second-order valence-corrected chi connectivity index (χ2v) is 27.5. The van der Waals surface area contributed by atoms with Gasteiger partial charge in [0, 0.05) is 34.8 Å². The van der Waals surface area contributed by atoms with Crippen LogP contribution < -0.4 is 45.1 Å². The number of ketones is 1. The van der Waals surface area contributed by atoms with Crippen LogP contribution in [-0.2, 0) is 59.6 Å². The van der Waals surface area contributed by atoms with E-state index in [-0.39, 0.29) is 13.2 Å². The molecule has 6 N–H and O–H groups in total. The average molecular weight is 1480 g/mol. The van der Waals surface area contributed by atoms with E-state index in [2.05, 4.69) is 99.8 Å². The van der Waals surface area contributed by atoms with Crippen LogP contribution in [0.15, 0.2) is 333 Å². The number of aromatic amines is 1. The van der Waals surface area contributed by atoms with Crippen LogP contribution in [0.2, 0.25) is 0 Å². The standard InChI is InChI=1S/C28H26N2O2.C28H23NO2.C15H14O2.C13H14N2O.C2H4O2.CH4.2ClH.Zn/c1-22(25-12-16-27(17-13-25)31-20-23-8-4-2-5-9-23)29-30-26-14-18-28(19-15-26)32-21-24-10-6-3-7-11-24;1-3-7-21(8-4-1)19-30-25-13-11-23(12-14-25)28-18-24-17-26(15-16-27(24)29-28)31-20-22-9-5-2-6-10-22;1-12(16)14-7-9-15(10-8-14)17-11-13-5-3-2-4-6-13;14-15-12-6-8-13(9-7-12)16-10-11-4-2-1-3-5-11;1-2(3)4;;;;/h2-19,30H,20-21H2,1H3;1-18,29H,19-20H2;2-10H,11H2,1H3;1-9,15H,10,14H2;1H3,(H,3,4);1H4;2*1H;/q;;;;;;;;+2/p-2/b29-22+;;;;;;;;. The third-order valence-corrected chi connectivity index (χ3v) is 15.0. The minimum Gasteiger partial charge on any atom is -0.489 e. The number of rotatable bonds is 24. The number of carbonyl (C=O) groups is 2. The number of aromatic nitrogens is 1. The van der Waals surface area contributed by atoms with E-state index in [0.717, 1.165) is 120 Å². The summed E-state index contributed by atoms with van der Waals surface area (Å²) in [6.45, 7) is 7.97. The van der Waals surface area contributed by atoms with Crippen LogP contribution in [0.5, 0.6) is 34.5 Å². The van der Waals surface area contributed by atoms with Gasteiger partial charge in [-0.1, -0.05) is 189 Å². The molecule has 0 fully saturated rings. The molecule has 0 aliphatic rings. The number of nitrogen functional groups attached to an aromatic ring is 1. The minimum atomic E-state index is -0.931. The van der Waals surface area contributed by atoms with Crippen LogP contribution in [0.3, 0.4) is 0 Å². The normalized spacial score (nSPS) is 10.1. The third-order valence-electron chi connectivity index (χ3n) is 15.0. The molecule has 0 aliphatic heterocycles. The first kappa shape index (κ1) is 79.9. The van der Waals surface area contributed by atoms with E-state index < -0.39 is 21.1 Å². The number of nitrogens with two attached hydrogens (primary N) is 1. The van der Waals surface area contributed by atoms with Gasteiger partial charge in [-0.05, 0) is 204 Å². The quantitative estimate of drug-likeness (QED) is 0.0127. The Bertz CT molecular complexity index is 4550. The molecule has 0 aliphatic carbocycles. The fraction of sp³-hybridized carbons (Fsp3) is 0.115. The Balaban J connectivity index is 0.000000195. The first-order valence-electron chi connectivity index (χ1n) is 33.1. The maximum atomic E-state index is 11.1. The molecule has 13 rings (SSSR count). The molecular formula is C87H85Cl2N5O9Zn. The Morgan fingerprint density at radius 3 is 0.990 bits per heavy atom. The average Bonchev–Trinajstić information content (AvgIpc) is 1.66. The van der Waals surface area contributed by atoms with Crippen molar-refractivity contribution in [3.8, 4) is 45.8 Å². The maximum absolute atomic E-state index is 11.1. The number of carboxylic acid groups (broad SMARTS) is 1. The molecule has 12 aromatic carbocycles. The summed E-state index contributed by atoms with van der Waals surface area (Å²) in [5.74, 6) is 9.51. The third kappa shape index (κ3) is 29.6. The predicted molar refractivity (Wildman–Crippen MR) is 420 cm³/mol. The van der Waals surface area contributed by atoms with E-state index >= 15 is 0 Å². The Morgan fingerprint density at radius 1 is 0.394 bits per heavy atom. The summed E-state index contributed by atoms with van der Waals surface area (Å²) in [6.07, 6.45) is 0. The molecule has 0 unspecified atom stereocenters. The second-order valence-electron chi connectivity index (χ2n) is 22.8. The van der Waals surface area contributed by atoms with E-state index in [1.807, 2.05) is 244 Å². The summed E-state index contributed by atoms with van der Waals surface area (Å²) in [5.41, 5.74) is 20.3. The molecule has 17 heteroatoms. The molecule has 0 bridgehead atoms. The zero-order valence-electron chi connectivity index (χ0n) is 57.6. The Morgan fingerprint density at radius 2 is 0.673 bits per heavy atom. The van der Waals surface area contributed by atoms with E-state index in [0.29, 0.717) is 45.2 Å². The number of fused-ring (bicyclic) bond motifs is 1. The molecule has 1 aromatic heterocycles. The fourth-order valence-electron chi connectivity index (χ4n) is 9.60. The van der Waals surface area contributed by atoms with Gasteiger partial charge in [0.25, 0.3) is 5.97 Å². The van der Waals surface area contributed by atoms with E-state index in [9.17, 15) is 4.79 Å². The molecule has 0 radical (unpaired) electrons. The van der Waals surface area contributed by atoms with Gasteiger partial charge in [0.05, 0.1) is 11.4 Å². The van der Waals surface area contributed by atoms with Crippen molar-refractivity contribution < 1.29 is 58.3 Å². The minimum absolute atomic E-state index is 0. The molecule has 104 heavy (non-hydrogen) atoms. The molecule has 0 amide bonds. The number of carboxylic acids is 1. The molecule has 1 heterocycles. The van der Waals surface area contributed by atoms with Crippen molar-refractivity contribution in [2.24, 2.45) is 10.9 Å². The summed E-state index contributed by atoms with van der Waals surface area (Å²) in [4.78, 5) is 23.6. The number of anilines is 2. The van der Waals surface area contributed by atoms with Crippen LogP contribution in [0.25, 0.3) is 22.2 Å². The van der Waals surface area contributed by atoms with Gasteiger partial charge in [0.15, 0.2) is 5.78 Å². The number of benzene rings is 12. The summed E-state index contributed by atoms with van der Waals surface area (Å²) in [5, 5.41) is 13.0. The first-order chi connectivity index (χ1) is 50.4. The number of aliphatic carboxylic acids is 1. The number of hydrazine groups is 1. The van der Waals surface area contributed by atoms with E-state index in [4.69, 9.17) is 63.5 Å². The maximum Gasteiger partial charge on any atom is 0.120 e. The number of nitrogens with one attached hydrogen (secondary N) is 3. The van der Waals surface area contributed by atoms with Gasteiger partial charge in [-0.3, -0.25) is 20.9 Å². The van der Waals surface area contributed by atoms with Gasteiger partial charge >= 0.3 is 34.5 Å². The Hall–Kier alpha value is -11.4. The zero-order chi connectivity index (χ0) is 72.5. The van der Waals surface area contributed by atoms with Crippen molar-refractivity contribution in [2.45, 2.75) is 67.8 Å². The monoisotopic (exact) mass is 1480 g/mol. The number of nitrogens with zero attached hydrogens (tertiary/aromatic N) is 1. The van der Waals surface area contributed by atoms with Gasteiger partial charge < -0.3 is 43.9 Å². The number of H-pyrrole nitrogens is 1. The summed E-state index contributed by atoms with van der Waals surface area (Å²) in [7, 11) is 9.90. The molecule has 0 saturated carbocycles. The summed E-state index contributed by atoms with van der Waals surface area (Å²) in [6, 6.07) is 108. The topological polar surface area (TPSA) is 188 Å².